The zero-order valence-corrected chi connectivity index (χ0v) is 60.2. The molecule has 17 nitrogen and oxygen atoms in total. The molecule has 0 fully saturated rings. The summed E-state index contributed by atoms with van der Waals surface area (Å²) in [5.41, 5.74) is 0. The van der Waals surface area contributed by atoms with Gasteiger partial charge < -0.3 is 33.8 Å². The summed E-state index contributed by atoms with van der Waals surface area (Å²) in [6.07, 6.45) is 48.6. The van der Waals surface area contributed by atoms with Crippen LogP contribution in [0.5, 0.6) is 0 Å². The van der Waals surface area contributed by atoms with Crippen LogP contribution in [0.3, 0.4) is 0 Å². The van der Waals surface area contributed by atoms with Gasteiger partial charge in [0.2, 0.25) is 0 Å². The molecule has 3 unspecified atom stereocenters. The molecule has 0 spiro atoms. The highest BCUT2D eigenvalue weighted by molar-refractivity contribution is 7.47. The third-order valence-corrected chi connectivity index (χ3v) is 18.7. The molecule has 0 rings (SSSR count). The monoisotopic (exact) mass is 1320 g/mol. The Kier molecular flexibility index (Phi) is 61.8. The van der Waals surface area contributed by atoms with Crippen molar-refractivity contribution < 1.29 is 80.2 Å². The van der Waals surface area contributed by atoms with Crippen LogP contribution in [0, 0.1) is 11.8 Å². The second-order valence-corrected chi connectivity index (χ2v) is 29.3. The van der Waals surface area contributed by atoms with Gasteiger partial charge >= 0.3 is 39.5 Å². The maximum atomic E-state index is 13.0. The SMILES string of the molecule is CCCCCCCCCCCCCCCC(=O)OC[C@H](COP(=O)(O)OC[C@@H](O)COP(=O)(O)OC[C@@H](COC(=O)CCCCCCCCCC)OC(=O)CCCCCCCCCCC(C)C)OC(=O)CCCCCCCCCCCCCCCCC(C)CC. The van der Waals surface area contributed by atoms with Crippen LogP contribution in [0.25, 0.3) is 0 Å². The van der Waals surface area contributed by atoms with Crippen molar-refractivity contribution in [2.75, 3.05) is 39.6 Å². The van der Waals surface area contributed by atoms with E-state index in [9.17, 15) is 43.2 Å². The van der Waals surface area contributed by atoms with Gasteiger partial charge in [-0.2, -0.15) is 0 Å². The van der Waals surface area contributed by atoms with Crippen molar-refractivity contribution in [1.82, 2.24) is 0 Å². The largest absolute Gasteiger partial charge is 0.472 e. The molecule has 0 heterocycles. The molecule has 534 valence electrons. The molecule has 0 aromatic heterocycles. The summed E-state index contributed by atoms with van der Waals surface area (Å²) in [6.45, 7) is 9.54. The van der Waals surface area contributed by atoms with Gasteiger partial charge in [0.1, 0.15) is 19.3 Å². The van der Waals surface area contributed by atoms with E-state index < -0.39 is 97.5 Å². The molecule has 0 aromatic rings. The summed E-state index contributed by atoms with van der Waals surface area (Å²) in [5.74, 6) is -0.561. The standard InChI is InChI=1S/C71H138O17P2/c1-7-10-12-14-16-18-19-22-26-29-36-42-48-54-69(74)82-60-67(87-70(75)55-49-43-37-30-27-24-21-20-23-25-28-34-40-46-52-64(6)9-3)62-86-90(79,80)84-58-65(72)57-83-89(77,78)85-61-66(59-81-68(73)53-47-41-35-17-15-13-11-8-2)88-71(76)56-50-44-38-32-31-33-39-45-51-63(4)5/h63-67,72H,7-62H2,1-6H3,(H,77,78)(H,79,80)/t64?,65-,66+,67+/m0/s1. The Balaban J connectivity index is 5.21. The lowest BCUT2D eigenvalue weighted by Gasteiger charge is -2.21. The first-order valence-corrected chi connectivity index (χ1v) is 40.0. The Morgan fingerprint density at radius 3 is 0.844 bits per heavy atom. The first-order chi connectivity index (χ1) is 43.4. The molecule has 6 atom stereocenters. The van der Waals surface area contributed by atoms with E-state index in [-0.39, 0.29) is 25.7 Å². The Morgan fingerprint density at radius 1 is 0.322 bits per heavy atom. The molecule has 0 aliphatic rings. The Hall–Kier alpha value is -1.94. The van der Waals surface area contributed by atoms with E-state index in [1.165, 1.54) is 173 Å². The molecule has 0 radical (unpaired) electrons. The van der Waals surface area contributed by atoms with Gasteiger partial charge in [0.15, 0.2) is 12.2 Å². The predicted octanol–water partition coefficient (Wildman–Crippen LogP) is 20.4. The Morgan fingerprint density at radius 2 is 0.567 bits per heavy atom. The number of ether oxygens (including phenoxy) is 4. The zero-order chi connectivity index (χ0) is 66.5. The molecule has 0 amide bonds. The molecular weight excluding hydrogens is 1190 g/mol. The fourth-order valence-corrected chi connectivity index (χ4v) is 12.3. The molecule has 19 heteroatoms. The minimum Gasteiger partial charge on any atom is -0.462 e. The first kappa shape index (κ1) is 88.1. The van der Waals surface area contributed by atoms with Gasteiger partial charge in [0, 0.05) is 25.7 Å². The molecule has 0 saturated carbocycles. The Labute approximate surface area is 549 Å². The number of hydrogen-bond acceptors (Lipinski definition) is 15. The highest BCUT2D eigenvalue weighted by Crippen LogP contribution is 2.45. The van der Waals surface area contributed by atoms with Crippen molar-refractivity contribution in [3.8, 4) is 0 Å². The van der Waals surface area contributed by atoms with Crippen LogP contribution in [0.15, 0.2) is 0 Å². The summed E-state index contributed by atoms with van der Waals surface area (Å²) in [7, 11) is -9.90. The van der Waals surface area contributed by atoms with Crippen molar-refractivity contribution in [3.05, 3.63) is 0 Å². The second kappa shape index (κ2) is 63.1. The van der Waals surface area contributed by atoms with Gasteiger partial charge in [-0.1, -0.05) is 311 Å². The number of esters is 4. The number of carbonyl (C=O) groups is 4. The van der Waals surface area contributed by atoms with Crippen molar-refractivity contribution in [3.63, 3.8) is 0 Å². The van der Waals surface area contributed by atoms with E-state index in [1.54, 1.807) is 0 Å². The van der Waals surface area contributed by atoms with Crippen LogP contribution in [0.1, 0.15) is 363 Å². The van der Waals surface area contributed by atoms with Gasteiger partial charge in [-0.25, -0.2) is 9.13 Å². The van der Waals surface area contributed by atoms with Gasteiger partial charge in [-0.05, 0) is 37.5 Å². The normalized spacial score (nSPS) is 14.4. The molecule has 3 N–H and O–H groups in total. The average Bonchev–Trinajstić information content (AvgIpc) is 3.68. The third-order valence-electron chi connectivity index (χ3n) is 16.8. The van der Waals surface area contributed by atoms with Crippen molar-refractivity contribution in [1.29, 1.82) is 0 Å². The van der Waals surface area contributed by atoms with E-state index in [1.807, 2.05) is 0 Å². The second-order valence-electron chi connectivity index (χ2n) is 26.3. The highest BCUT2D eigenvalue weighted by Gasteiger charge is 2.30. The molecule has 0 saturated heterocycles. The third kappa shape index (κ3) is 63.5. The molecule has 0 aliphatic carbocycles. The van der Waals surface area contributed by atoms with Crippen LogP contribution in [0.4, 0.5) is 0 Å². The van der Waals surface area contributed by atoms with Crippen molar-refractivity contribution in [2.45, 2.75) is 381 Å². The minimum absolute atomic E-state index is 0.104. The van der Waals surface area contributed by atoms with Crippen LogP contribution in [-0.4, -0.2) is 96.7 Å². The zero-order valence-electron chi connectivity index (χ0n) is 58.4. The molecule has 90 heavy (non-hydrogen) atoms. The van der Waals surface area contributed by atoms with Gasteiger partial charge in [-0.15, -0.1) is 0 Å². The van der Waals surface area contributed by atoms with Gasteiger partial charge in [0.25, 0.3) is 0 Å². The summed E-state index contributed by atoms with van der Waals surface area (Å²) in [4.78, 5) is 72.5. The van der Waals surface area contributed by atoms with Gasteiger partial charge in [0.05, 0.1) is 26.4 Å². The fourth-order valence-electron chi connectivity index (χ4n) is 10.7. The molecule has 0 bridgehead atoms. The highest BCUT2D eigenvalue weighted by atomic mass is 31.2. The molecular formula is C71H138O17P2. The summed E-state index contributed by atoms with van der Waals surface area (Å²) in [5, 5.41) is 10.6. The number of rotatable bonds is 70. The molecule has 0 aliphatic heterocycles. The summed E-state index contributed by atoms with van der Waals surface area (Å²) < 4.78 is 68.2. The van der Waals surface area contributed by atoms with Gasteiger partial charge in [-0.3, -0.25) is 37.3 Å². The van der Waals surface area contributed by atoms with Crippen molar-refractivity contribution in [2.24, 2.45) is 11.8 Å². The van der Waals surface area contributed by atoms with Crippen LogP contribution in [0.2, 0.25) is 0 Å². The lowest BCUT2D eigenvalue weighted by Crippen LogP contribution is -2.30. The predicted molar refractivity (Wildman–Crippen MR) is 363 cm³/mol. The van der Waals surface area contributed by atoms with Crippen LogP contribution >= 0.6 is 15.6 Å². The van der Waals surface area contributed by atoms with E-state index in [0.717, 1.165) is 108 Å². The smallest absolute Gasteiger partial charge is 0.462 e. The maximum Gasteiger partial charge on any atom is 0.472 e. The van der Waals surface area contributed by atoms with E-state index in [4.69, 9.17) is 37.0 Å². The lowest BCUT2D eigenvalue weighted by atomic mass is 9.99. The maximum absolute atomic E-state index is 13.0. The van der Waals surface area contributed by atoms with E-state index in [2.05, 4.69) is 41.5 Å². The minimum atomic E-state index is -4.95. The fraction of sp³-hybridized carbons (Fsp3) is 0.944. The summed E-state index contributed by atoms with van der Waals surface area (Å²) in [6, 6.07) is 0. The van der Waals surface area contributed by atoms with Crippen LogP contribution in [-0.2, 0) is 65.4 Å². The molecule has 0 aromatic carbocycles. The van der Waals surface area contributed by atoms with Crippen molar-refractivity contribution >= 4 is 39.5 Å². The quantitative estimate of drug-likeness (QED) is 0.0222. The van der Waals surface area contributed by atoms with E-state index >= 15 is 0 Å². The number of hydrogen-bond donors (Lipinski definition) is 3. The number of unbranched alkanes of at least 4 members (excludes halogenated alkanes) is 39. The number of carbonyl (C=O) groups excluding carboxylic acids is 4. The lowest BCUT2D eigenvalue weighted by molar-refractivity contribution is -0.161. The number of aliphatic hydroxyl groups excluding tert-OH is 1. The number of aliphatic hydroxyl groups is 1. The van der Waals surface area contributed by atoms with E-state index in [0.29, 0.717) is 25.7 Å². The van der Waals surface area contributed by atoms with Crippen LogP contribution < -0.4 is 0 Å². The Bertz CT molecular complexity index is 1750. The topological polar surface area (TPSA) is 237 Å². The summed E-state index contributed by atoms with van der Waals surface area (Å²) >= 11 is 0. The number of phosphoric ester groups is 2. The number of phosphoric acid groups is 2. The average molecular weight is 1330 g/mol. The first-order valence-electron chi connectivity index (χ1n) is 37.0.